The third-order valence-electron chi connectivity index (χ3n) is 11.4. The Hall–Kier alpha value is -4.12. The van der Waals surface area contributed by atoms with Crippen LogP contribution in [0, 0.1) is 19.8 Å². The molecule has 270 valence electrons. The first-order valence-electron chi connectivity index (χ1n) is 19.2. The zero-order valence-electron chi connectivity index (χ0n) is 31.7. The van der Waals surface area contributed by atoms with Gasteiger partial charge in [-0.25, -0.2) is 0 Å². The number of hydrogen-bond donors (Lipinski definition) is 0. The smallest absolute Gasteiger partial charge is 0.0465 e. The first kappa shape index (κ1) is 37.2. The maximum absolute atomic E-state index is 3.67. The van der Waals surface area contributed by atoms with Gasteiger partial charge >= 0.3 is 0 Å². The highest BCUT2D eigenvalue weighted by molar-refractivity contribution is 9.10. The molecule has 0 aliphatic heterocycles. The van der Waals surface area contributed by atoms with Crippen LogP contribution in [0.3, 0.4) is 0 Å². The lowest BCUT2D eigenvalue weighted by atomic mass is 9.69. The molecule has 0 radical (unpaired) electrons. The van der Waals surface area contributed by atoms with Gasteiger partial charge in [-0.05, 0) is 146 Å². The molecule has 0 spiro atoms. The summed E-state index contributed by atoms with van der Waals surface area (Å²) in [6.45, 7) is 11.6. The highest BCUT2D eigenvalue weighted by Crippen LogP contribution is 2.56. The van der Waals surface area contributed by atoms with Crippen molar-refractivity contribution < 1.29 is 0 Å². The second kappa shape index (κ2) is 16.1. The predicted molar refractivity (Wildman–Crippen MR) is 235 cm³/mol. The quantitative estimate of drug-likeness (QED) is 0.107. The molecule has 2 nitrogen and oxygen atoms in total. The summed E-state index contributed by atoms with van der Waals surface area (Å²) in [5.74, 6) is 0.440. The molecule has 1 aliphatic rings. The molecule has 1 atom stereocenters. The molecule has 0 aromatic heterocycles. The molecule has 1 unspecified atom stereocenters. The van der Waals surface area contributed by atoms with Gasteiger partial charge in [0.25, 0.3) is 0 Å². The Kier molecular flexibility index (Phi) is 11.3. The van der Waals surface area contributed by atoms with Crippen LogP contribution in [0.2, 0.25) is 0 Å². The van der Waals surface area contributed by atoms with Crippen molar-refractivity contribution >= 4 is 66.0 Å². The molecular weight excluding hydrogens is 776 g/mol. The number of benzene rings is 6. The van der Waals surface area contributed by atoms with Crippen molar-refractivity contribution in [3.05, 3.63) is 165 Å². The van der Waals surface area contributed by atoms with Gasteiger partial charge in [0.1, 0.15) is 0 Å². The van der Waals surface area contributed by atoms with Gasteiger partial charge in [-0.3, -0.25) is 0 Å². The zero-order chi connectivity index (χ0) is 37.1. The van der Waals surface area contributed by atoms with Gasteiger partial charge < -0.3 is 9.80 Å². The van der Waals surface area contributed by atoms with Crippen LogP contribution < -0.4 is 9.80 Å². The normalized spacial score (nSPS) is 13.3. The number of halogens is 2. The second-order valence-electron chi connectivity index (χ2n) is 15.1. The minimum Gasteiger partial charge on any atom is -0.310 e. The minimum atomic E-state index is -0.182. The van der Waals surface area contributed by atoms with Gasteiger partial charge in [0.05, 0.1) is 0 Å². The van der Waals surface area contributed by atoms with Gasteiger partial charge in [-0.2, -0.15) is 0 Å². The van der Waals surface area contributed by atoms with E-state index in [4.69, 9.17) is 0 Å². The van der Waals surface area contributed by atoms with Crippen LogP contribution in [0.5, 0.6) is 0 Å². The summed E-state index contributed by atoms with van der Waals surface area (Å²) in [6.07, 6.45) is 7.65. The van der Waals surface area contributed by atoms with Crippen LogP contribution in [-0.4, -0.2) is 0 Å². The van der Waals surface area contributed by atoms with Gasteiger partial charge in [0, 0.05) is 48.5 Å². The van der Waals surface area contributed by atoms with E-state index < -0.39 is 0 Å². The van der Waals surface area contributed by atoms with E-state index in [1.165, 1.54) is 83.3 Å². The SMILES string of the molecule is CCCCCCCC(C)C1(C)c2cc(N(c3ccc(C)cc3)c3ccc(Br)cc3)ccc2-c2ccc(N(c3ccc(C)cc3)c3ccc(Br)cc3)cc21. The Morgan fingerprint density at radius 2 is 0.849 bits per heavy atom. The molecule has 4 heteroatoms. The molecule has 6 aromatic carbocycles. The molecule has 7 rings (SSSR count). The first-order chi connectivity index (χ1) is 25.7. The number of anilines is 6. The summed E-state index contributed by atoms with van der Waals surface area (Å²) >= 11 is 7.33. The van der Waals surface area contributed by atoms with Gasteiger partial charge in [-0.15, -0.1) is 0 Å². The monoisotopic (exact) mass is 824 g/mol. The lowest BCUT2D eigenvalue weighted by Gasteiger charge is -2.36. The van der Waals surface area contributed by atoms with Crippen molar-refractivity contribution in [1.82, 2.24) is 0 Å². The van der Waals surface area contributed by atoms with Crippen LogP contribution in [0.25, 0.3) is 11.1 Å². The summed E-state index contributed by atoms with van der Waals surface area (Å²) in [7, 11) is 0. The maximum Gasteiger partial charge on any atom is 0.0465 e. The lowest BCUT2D eigenvalue weighted by Crippen LogP contribution is -2.30. The Labute approximate surface area is 334 Å². The maximum atomic E-state index is 3.67. The van der Waals surface area contributed by atoms with E-state index in [2.05, 4.69) is 210 Å². The van der Waals surface area contributed by atoms with Crippen LogP contribution in [0.15, 0.2) is 142 Å². The van der Waals surface area contributed by atoms with Gasteiger partial charge in [0.2, 0.25) is 0 Å². The van der Waals surface area contributed by atoms with Crippen molar-refractivity contribution in [2.45, 2.75) is 78.6 Å². The Balaban J connectivity index is 1.37. The largest absolute Gasteiger partial charge is 0.310 e. The Morgan fingerprint density at radius 3 is 1.25 bits per heavy atom. The molecule has 0 fully saturated rings. The fraction of sp³-hybridized carbons (Fsp3) is 0.265. The summed E-state index contributed by atoms with van der Waals surface area (Å²) in [6, 6.07) is 49.6. The number of unbranched alkanes of at least 4 members (excludes halogenated alkanes) is 4. The first-order valence-corrected chi connectivity index (χ1v) is 20.8. The van der Waals surface area contributed by atoms with Gasteiger partial charge in [0.15, 0.2) is 0 Å². The van der Waals surface area contributed by atoms with Crippen molar-refractivity contribution in [2.75, 3.05) is 9.80 Å². The fourth-order valence-corrected chi connectivity index (χ4v) is 8.68. The summed E-state index contributed by atoms with van der Waals surface area (Å²) in [5, 5.41) is 0. The topological polar surface area (TPSA) is 6.48 Å². The van der Waals surface area contributed by atoms with Crippen molar-refractivity contribution in [2.24, 2.45) is 5.92 Å². The third-order valence-corrected chi connectivity index (χ3v) is 12.5. The molecule has 0 saturated carbocycles. The van der Waals surface area contributed by atoms with Crippen molar-refractivity contribution in [3.63, 3.8) is 0 Å². The van der Waals surface area contributed by atoms with Crippen LogP contribution >= 0.6 is 31.9 Å². The van der Waals surface area contributed by atoms with E-state index in [0.717, 1.165) is 31.7 Å². The van der Waals surface area contributed by atoms with E-state index in [9.17, 15) is 0 Å². The fourth-order valence-electron chi connectivity index (χ4n) is 8.15. The number of hydrogen-bond acceptors (Lipinski definition) is 2. The average molecular weight is 827 g/mol. The predicted octanol–water partition coefficient (Wildman–Crippen LogP) is 16.1. The van der Waals surface area contributed by atoms with Crippen LogP contribution in [0.4, 0.5) is 34.1 Å². The number of fused-ring (bicyclic) bond motifs is 3. The number of aryl methyl sites for hydroxylation is 2. The Bertz CT molecular complexity index is 1920. The van der Waals surface area contributed by atoms with E-state index >= 15 is 0 Å². The molecule has 0 amide bonds. The Morgan fingerprint density at radius 1 is 0.491 bits per heavy atom. The molecule has 0 bridgehead atoms. The average Bonchev–Trinajstić information content (AvgIpc) is 3.42. The summed E-state index contributed by atoms with van der Waals surface area (Å²) in [5.41, 5.74) is 14.8. The van der Waals surface area contributed by atoms with E-state index in [0.29, 0.717) is 5.92 Å². The zero-order valence-corrected chi connectivity index (χ0v) is 34.8. The van der Waals surface area contributed by atoms with Crippen molar-refractivity contribution in [1.29, 1.82) is 0 Å². The van der Waals surface area contributed by atoms with E-state index in [1.807, 2.05) is 0 Å². The molecule has 6 aromatic rings. The molecule has 53 heavy (non-hydrogen) atoms. The summed E-state index contributed by atoms with van der Waals surface area (Å²) in [4.78, 5) is 4.81. The van der Waals surface area contributed by atoms with Crippen molar-refractivity contribution in [3.8, 4) is 11.1 Å². The highest BCUT2D eigenvalue weighted by atomic mass is 79.9. The van der Waals surface area contributed by atoms with Crippen LogP contribution in [0.1, 0.15) is 81.5 Å². The molecule has 0 saturated heterocycles. The van der Waals surface area contributed by atoms with Gasteiger partial charge in [-0.1, -0.05) is 132 Å². The van der Waals surface area contributed by atoms with Crippen LogP contribution in [-0.2, 0) is 5.41 Å². The minimum absolute atomic E-state index is 0.182. The second-order valence-corrected chi connectivity index (χ2v) is 16.9. The molecule has 0 heterocycles. The van der Waals surface area contributed by atoms with E-state index in [1.54, 1.807) is 0 Å². The lowest BCUT2D eigenvalue weighted by molar-refractivity contribution is 0.345. The molecular formula is C49H50Br2N2. The van der Waals surface area contributed by atoms with E-state index in [-0.39, 0.29) is 5.41 Å². The summed E-state index contributed by atoms with van der Waals surface area (Å²) < 4.78 is 2.15. The number of rotatable bonds is 13. The third kappa shape index (κ3) is 7.64. The molecule has 1 aliphatic carbocycles. The number of nitrogens with zero attached hydrogens (tertiary/aromatic N) is 2. The molecule has 0 N–H and O–H groups in total. The standard InChI is InChI=1S/C49H50Br2N2/c1-6-7-8-9-10-11-36(4)49(5)47-32-43(52(39-20-12-34(2)13-21-39)41-24-16-37(50)17-25-41)28-30-45(47)46-31-29-44(33-48(46)49)53(40-22-14-35(3)15-23-40)42-26-18-38(51)19-27-42/h12-33,36H,6-11H2,1-5H3. The highest BCUT2D eigenvalue weighted by Gasteiger charge is 2.44.